The van der Waals surface area contributed by atoms with Gasteiger partial charge in [0.1, 0.15) is 6.07 Å². The second-order valence-corrected chi connectivity index (χ2v) is 3.72. The molecule has 0 fully saturated rings. The van der Waals surface area contributed by atoms with Crippen molar-refractivity contribution in [2.45, 2.75) is 0 Å². The van der Waals surface area contributed by atoms with Crippen molar-refractivity contribution in [2.75, 3.05) is 0 Å². The van der Waals surface area contributed by atoms with Gasteiger partial charge in [-0.3, -0.25) is 9.20 Å². The Morgan fingerprint density at radius 2 is 2.17 bits per heavy atom. The first-order valence-corrected chi connectivity index (χ1v) is 5.22. The van der Waals surface area contributed by atoms with E-state index in [1.165, 1.54) is 6.07 Å². The maximum absolute atomic E-state index is 11.3. The van der Waals surface area contributed by atoms with E-state index in [1.807, 2.05) is 0 Å². The summed E-state index contributed by atoms with van der Waals surface area (Å²) in [5.74, 6) is 0.535. The first kappa shape index (κ1) is 10.2. The van der Waals surface area contributed by atoms with Gasteiger partial charge in [-0.2, -0.15) is 5.26 Å². The number of pyridine rings is 2. The largest absolute Gasteiger partial charge is 0.329 e. The van der Waals surface area contributed by atoms with Crippen molar-refractivity contribution in [3.63, 3.8) is 0 Å². The van der Waals surface area contributed by atoms with Crippen LogP contribution in [0.5, 0.6) is 0 Å². The maximum atomic E-state index is 11.3. The zero-order valence-corrected chi connectivity index (χ0v) is 9.16. The number of aromatic nitrogens is 4. The van der Waals surface area contributed by atoms with Gasteiger partial charge in [0.2, 0.25) is 5.56 Å². The lowest BCUT2D eigenvalue weighted by molar-refractivity contribution is 1.10. The Labute approximate surface area is 101 Å². The fourth-order valence-electron chi connectivity index (χ4n) is 1.74. The Kier molecular flexibility index (Phi) is 2.17. The van der Waals surface area contributed by atoms with E-state index in [0.29, 0.717) is 22.6 Å². The molecule has 0 spiro atoms. The summed E-state index contributed by atoms with van der Waals surface area (Å²) in [7, 11) is 0. The van der Waals surface area contributed by atoms with Crippen LogP contribution < -0.4 is 5.56 Å². The minimum absolute atomic E-state index is 0.208. The van der Waals surface area contributed by atoms with Crippen molar-refractivity contribution in [2.24, 2.45) is 0 Å². The summed E-state index contributed by atoms with van der Waals surface area (Å²) in [6.07, 6.45) is 3.19. The number of H-pyrrole nitrogens is 1. The molecule has 3 aromatic rings. The summed E-state index contributed by atoms with van der Waals surface area (Å²) in [6, 6.07) is 8.61. The third-order valence-electron chi connectivity index (χ3n) is 2.56. The minimum atomic E-state index is -0.208. The molecule has 18 heavy (non-hydrogen) atoms. The summed E-state index contributed by atoms with van der Waals surface area (Å²) >= 11 is 0. The number of nitrogens with zero attached hydrogens (tertiary/aromatic N) is 4. The van der Waals surface area contributed by atoms with Crippen molar-refractivity contribution < 1.29 is 0 Å². The van der Waals surface area contributed by atoms with Gasteiger partial charge in [0.15, 0.2) is 11.5 Å². The van der Waals surface area contributed by atoms with Gasteiger partial charge in [-0.25, -0.2) is 0 Å². The Morgan fingerprint density at radius 1 is 1.28 bits per heavy atom. The van der Waals surface area contributed by atoms with E-state index < -0.39 is 0 Å². The predicted molar refractivity (Wildman–Crippen MR) is 63.8 cm³/mol. The van der Waals surface area contributed by atoms with Gasteiger partial charge in [0, 0.05) is 24.0 Å². The molecule has 0 aromatic carbocycles. The van der Waals surface area contributed by atoms with Gasteiger partial charge in [-0.1, -0.05) is 0 Å². The molecule has 0 aliphatic carbocycles. The third-order valence-corrected chi connectivity index (χ3v) is 2.56. The first-order chi connectivity index (χ1) is 8.78. The van der Waals surface area contributed by atoms with Crippen LogP contribution in [0.2, 0.25) is 0 Å². The molecule has 0 bridgehead atoms. The molecule has 0 aliphatic heterocycles. The fourth-order valence-corrected chi connectivity index (χ4v) is 1.74. The highest BCUT2D eigenvalue weighted by Gasteiger charge is 2.08. The predicted octanol–water partition coefficient (Wildman–Crippen LogP) is 0.956. The molecule has 0 amide bonds. The van der Waals surface area contributed by atoms with Crippen molar-refractivity contribution in [1.29, 1.82) is 5.26 Å². The van der Waals surface area contributed by atoms with Gasteiger partial charge >= 0.3 is 0 Å². The Morgan fingerprint density at radius 3 is 2.94 bits per heavy atom. The average molecular weight is 237 g/mol. The van der Waals surface area contributed by atoms with E-state index in [9.17, 15) is 4.79 Å². The topological polar surface area (TPSA) is 86.8 Å². The third kappa shape index (κ3) is 1.55. The van der Waals surface area contributed by atoms with Crippen LogP contribution in [0.3, 0.4) is 0 Å². The van der Waals surface area contributed by atoms with E-state index >= 15 is 0 Å². The van der Waals surface area contributed by atoms with E-state index in [-0.39, 0.29) is 5.56 Å². The maximum Gasteiger partial charge on any atom is 0.248 e. The number of aromatic amines is 1. The molecule has 3 heterocycles. The molecule has 3 aromatic heterocycles. The van der Waals surface area contributed by atoms with Crippen LogP contribution in [-0.2, 0) is 0 Å². The van der Waals surface area contributed by atoms with Crippen LogP contribution >= 0.6 is 0 Å². The zero-order valence-electron chi connectivity index (χ0n) is 9.16. The van der Waals surface area contributed by atoms with E-state index in [2.05, 4.69) is 21.3 Å². The smallest absolute Gasteiger partial charge is 0.248 e. The van der Waals surface area contributed by atoms with Crippen molar-refractivity contribution in [3.8, 4) is 17.5 Å². The molecular weight excluding hydrogens is 230 g/mol. The standard InChI is InChI=1S/C12H7N5O/c13-6-8-1-2-10-15-16-12(17(10)7-8)9-3-4-14-11(18)5-9/h1-5,7H,(H,14,18). The molecular formula is C12H7N5O. The van der Waals surface area contributed by atoms with Gasteiger partial charge in [-0.15, -0.1) is 10.2 Å². The lowest BCUT2D eigenvalue weighted by Gasteiger charge is -1.99. The Balaban J connectivity index is 2.30. The Hall–Kier alpha value is -2.94. The molecule has 6 nitrogen and oxygen atoms in total. The number of hydrogen-bond acceptors (Lipinski definition) is 4. The second-order valence-electron chi connectivity index (χ2n) is 3.72. The monoisotopic (exact) mass is 237 g/mol. The van der Waals surface area contributed by atoms with Crippen LogP contribution in [0, 0.1) is 11.3 Å². The lowest BCUT2D eigenvalue weighted by atomic mass is 10.2. The van der Waals surface area contributed by atoms with E-state index in [0.717, 1.165) is 0 Å². The highest BCUT2D eigenvalue weighted by molar-refractivity contribution is 5.59. The van der Waals surface area contributed by atoms with E-state index in [4.69, 9.17) is 5.26 Å². The summed E-state index contributed by atoms with van der Waals surface area (Å²) in [4.78, 5) is 13.8. The minimum Gasteiger partial charge on any atom is -0.329 e. The first-order valence-electron chi connectivity index (χ1n) is 5.22. The Bertz CT molecular complexity index is 824. The number of hydrogen-bond donors (Lipinski definition) is 1. The summed E-state index contributed by atoms with van der Waals surface area (Å²) in [5, 5.41) is 16.9. The highest BCUT2D eigenvalue weighted by Crippen LogP contribution is 2.16. The number of nitrogens with one attached hydrogen (secondary N) is 1. The highest BCUT2D eigenvalue weighted by atomic mass is 16.1. The van der Waals surface area contributed by atoms with Gasteiger partial charge in [-0.05, 0) is 18.2 Å². The average Bonchev–Trinajstić information content (AvgIpc) is 2.81. The van der Waals surface area contributed by atoms with Crippen LogP contribution in [0.4, 0.5) is 0 Å². The van der Waals surface area contributed by atoms with Crippen LogP contribution in [0.15, 0.2) is 41.5 Å². The SMILES string of the molecule is N#Cc1ccc2nnc(-c3cc[nH]c(=O)c3)n2c1. The molecule has 0 saturated heterocycles. The van der Waals surface area contributed by atoms with Gasteiger partial charge < -0.3 is 4.98 Å². The van der Waals surface area contributed by atoms with Crippen molar-refractivity contribution >= 4 is 5.65 Å². The van der Waals surface area contributed by atoms with Crippen molar-refractivity contribution in [3.05, 3.63) is 52.6 Å². The normalized spacial score (nSPS) is 10.4. The quantitative estimate of drug-likeness (QED) is 0.682. The van der Waals surface area contributed by atoms with Gasteiger partial charge in [0.05, 0.1) is 5.56 Å². The second kappa shape index (κ2) is 3.82. The molecule has 6 heteroatoms. The fraction of sp³-hybridized carbons (Fsp3) is 0. The number of nitriles is 1. The summed E-state index contributed by atoms with van der Waals surface area (Å²) < 4.78 is 1.69. The molecule has 0 aliphatic rings. The molecule has 1 N–H and O–H groups in total. The molecule has 86 valence electrons. The summed E-state index contributed by atoms with van der Waals surface area (Å²) in [6.45, 7) is 0. The lowest BCUT2D eigenvalue weighted by Crippen LogP contribution is -2.03. The molecule has 3 rings (SSSR count). The van der Waals surface area contributed by atoms with Crippen LogP contribution in [-0.4, -0.2) is 19.6 Å². The van der Waals surface area contributed by atoms with Crippen molar-refractivity contribution in [1.82, 2.24) is 19.6 Å². The molecule has 0 unspecified atom stereocenters. The molecule has 0 saturated carbocycles. The zero-order chi connectivity index (χ0) is 12.5. The van der Waals surface area contributed by atoms with Gasteiger partial charge in [0.25, 0.3) is 0 Å². The number of fused-ring (bicyclic) bond motifs is 1. The molecule has 0 atom stereocenters. The molecule has 0 radical (unpaired) electrons. The van der Waals surface area contributed by atoms with Crippen LogP contribution in [0.25, 0.3) is 17.0 Å². The van der Waals surface area contributed by atoms with Crippen LogP contribution in [0.1, 0.15) is 5.56 Å². The number of rotatable bonds is 1. The van der Waals surface area contributed by atoms with E-state index in [1.54, 1.807) is 35.0 Å². The summed E-state index contributed by atoms with van der Waals surface area (Å²) in [5.41, 5.74) is 1.58.